The minimum Gasteiger partial charge on any atom is -0.493 e. The summed E-state index contributed by atoms with van der Waals surface area (Å²) >= 11 is 6.88. The Morgan fingerprint density at radius 3 is 2.47 bits per heavy atom. The minimum atomic E-state index is -0.207. The van der Waals surface area contributed by atoms with E-state index in [1.54, 1.807) is 12.3 Å². The number of aliphatic hydroxyl groups excluding tert-OH is 1. The lowest BCUT2D eigenvalue weighted by Crippen LogP contribution is -2.24. The van der Waals surface area contributed by atoms with Gasteiger partial charge in [0.05, 0.1) is 29.0 Å². The first-order valence-corrected chi connectivity index (χ1v) is 19.6. The zero-order valence-electron chi connectivity index (χ0n) is 32.2. The van der Waals surface area contributed by atoms with Crippen molar-refractivity contribution in [3.8, 4) is 45.8 Å². The van der Waals surface area contributed by atoms with E-state index in [2.05, 4.69) is 58.5 Å². The predicted octanol–water partition coefficient (Wildman–Crippen LogP) is 8.83. The van der Waals surface area contributed by atoms with Crippen LogP contribution in [0.1, 0.15) is 51.9 Å². The number of pyridine rings is 1. The van der Waals surface area contributed by atoms with E-state index in [1.165, 1.54) is 6.20 Å². The molecule has 0 aliphatic carbocycles. The molecule has 1 unspecified atom stereocenters. The molecule has 0 saturated carbocycles. The lowest BCUT2D eigenvalue weighted by molar-refractivity contribution is 0.173. The summed E-state index contributed by atoms with van der Waals surface area (Å²) < 4.78 is 24.6. The van der Waals surface area contributed by atoms with Gasteiger partial charge < -0.3 is 34.1 Å². The van der Waals surface area contributed by atoms with Gasteiger partial charge >= 0.3 is 0 Å². The van der Waals surface area contributed by atoms with Crippen molar-refractivity contribution in [2.24, 2.45) is 0 Å². The number of halogens is 1. The summed E-state index contributed by atoms with van der Waals surface area (Å²) in [6, 6.07) is 31.8. The van der Waals surface area contributed by atoms with Crippen LogP contribution >= 0.6 is 11.6 Å². The van der Waals surface area contributed by atoms with Crippen molar-refractivity contribution in [3.05, 3.63) is 147 Å². The molecule has 0 amide bonds. The van der Waals surface area contributed by atoms with E-state index in [1.807, 2.05) is 66.7 Å². The second kappa shape index (κ2) is 19.0. The summed E-state index contributed by atoms with van der Waals surface area (Å²) in [4.78, 5) is 6.47. The Morgan fingerprint density at radius 1 is 0.860 bits per heavy atom. The van der Waals surface area contributed by atoms with Gasteiger partial charge in [0, 0.05) is 73.9 Å². The number of rotatable bonds is 17. The molecular weight excluding hydrogens is 738 g/mol. The van der Waals surface area contributed by atoms with Gasteiger partial charge in [0.2, 0.25) is 0 Å². The number of nitrogens with zero attached hydrogens (tertiary/aromatic N) is 4. The summed E-state index contributed by atoms with van der Waals surface area (Å²) in [6.45, 7) is 8.83. The van der Waals surface area contributed by atoms with E-state index >= 15 is 0 Å². The molecule has 0 bridgehead atoms. The summed E-state index contributed by atoms with van der Waals surface area (Å²) in [5, 5.41) is 27.3. The van der Waals surface area contributed by atoms with E-state index < -0.39 is 0 Å². The minimum absolute atomic E-state index is 0.201. The molecule has 0 radical (unpaired) electrons. The Hall–Kier alpha value is -5.70. The molecule has 1 atom stereocenters. The lowest BCUT2D eigenvalue weighted by Gasteiger charge is -2.19. The van der Waals surface area contributed by atoms with Crippen LogP contribution in [0.4, 0.5) is 0 Å². The molecule has 1 fully saturated rings. The van der Waals surface area contributed by atoms with Crippen LogP contribution in [0.3, 0.4) is 0 Å². The van der Waals surface area contributed by atoms with E-state index in [4.69, 9.17) is 30.3 Å². The Bertz CT molecular complexity index is 2330. The number of benzene rings is 4. The van der Waals surface area contributed by atoms with Gasteiger partial charge in [0.25, 0.3) is 0 Å². The topological polar surface area (TPSA) is 126 Å². The molecule has 3 heterocycles. The number of nitrogens with one attached hydrogen (secondary N) is 1. The predicted molar refractivity (Wildman–Crippen MR) is 220 cm³/mol. The molecule has 1 aliphatic rings. The van der Waals surface area contributed by atoms with E-state index in [0.717, 1.165) is 88.4 Å². The van der Waals surface area contributed by atoms with Crippen molar-refractivity contribution in [2.75, 3.05) is 26.2 Å². The van der Waals surface area contributed by atoms with Crippen LogP contribution in [0.5, 0.6) is 17.2 Å². The monoisotopic (exact) mass is 783 g/mol. The van der Waals surface area contributed by atoms with E-state index in [-0.39, 0.29) is 12.7 Å². The van der Waals surface area contributed by atoms with Gasteiger partial charge in [-0.05, 0) is 72.7 Å². The molecule has 4 aromatic carbocycles. The molecule has 2 N–H and O–H groups in total. The van der Waals surface area contributed by atoms with Crippen LogP contribution in [0.25, 0.3) is 22.5 Å². The smallest absolute Gasteiger partial charge is 0.167 e. The molecule has 2 aromatic heterocycles. The lowest BCUT2D eigenvalue weighted by atomic mass is 9.93. The third kappa shape index (κ3) is 10.2. The van der Waals surface area contributed by atoms with Gasteiger partial charge in [0.1, 0.15) is 36.5 Å². The molecule has 10 nitrogen and oxygen atoms in total. The van der Waals surface area contributed by atoms with Crippen LogP contribution in [-0.2, 0) is 26.3 Å². The first-order valence-electron chi connectivity index (χ1n) is 19.2. The van der Waals surface area contributed by atoms with Crippen molar-refractivity contribution >= 4 is 11.6 Å². The number of nitriles is 1. The zero-order valence-corrected chi connectivity index (χ0v) is 33.0. The van der Waals surface area contributed by atoms with Gasteiger partial charge in [-0.2, -0.15) is 5.26 Å². The van der Waals surface area contributed by atoms with Crippen LogP contribution in [0.2, 0.25) is 5.02 Å². The van der Waals surface area contributed by atoms with Crippen LogP contribution < -0.4 is 19.5 Å². The van der Waals surface area contributed by atoms with Gasteiger partial charge in [-0.15, -0.1) is 0 Å². The highest BCUT2D eigenvalue weighted by Gasteiger charge is 2.20. The van der Waals surface area contributed by atoms with Crippen molar-refractivity contribution in [3.63, 3.8) is 0 Å². The van der Waals surface area contributed by atoms with Crippen molar-refractivity contribution < 1.29 is 23.8 Å². The van der Waals surface area contributed by atoms with Crippen LogP contribution in [0.15, 0.2) is 108 Å². The number of aromatic nitrogens is 2. The van der Waals surface area contributed by atoms with Crippen molar-refractivity contribution in [2.45, 2.75) is 59.1 Å². The number of likely N-dealkylation sites (tertiary alicyclic amines) is 1. The molecule has 7 rings (SSSR count). The fourth-order valence-electron chi connectivity index (χ4n) is 7.04. The molecule has 1 saturated heterocycles. The SMILES string of the molecule is Cc1c(COc2cc(OCc3cncc(C#N)c3)c(CNCc3cc(-c4ccccc4)on3)cc2Cl)cccc1-c1cccc(OCCCN2CCC(O)C2)c1C. The third-order valence-electron chi connectivity index (χ3n) is 10.2. The van der Waals surface area contributed by atoms with Crippen molar-refractivity contribution in [1.29, 1.82) is 5.26 Å². The molecule has 292 valence electrons. The third-order valence-corrected chi connectivity index (χ3v) is 10.5. The molecular formula is C46H46ClN5O5. The van der Waals surface area contributed by atoms with Gasteiger partial charge in [-0.3, -0.25) is 4.98 Å². The largest absolute Gasteiger partial charge is 0.493 e. The number of hydrogen-bond donors (Lipinski definition) is 2. The zero-order chi connectivity index (χ0) is 39.6. The first-order chi connectivity index (χ1) is 27.8. The number of aliphatic hydroxyl groups is 1. The number of β-amino-alcohol motifs (C(OH)–C–C–N with tert-alkyl or cyclic N) is 1. The van der Waals surface area contributed by atoms with Gasteiger partial charge in [-0.25, -0.2) is 0 Å². The maximum Gasteiger partial charge on any atom is 0.167 e. The summed E-state index contributed by atoms with van der Waals surface area (Å²) in [5.74, 6) is 2.65. The Kier molecular flexibility index (Phi) is 13.1. The van der Waals surface area contributed by atoms with Crippen LogP contribution in [0, 0.1) is 25.2 Å². The first kappa shape index (κ1) is 39.5. The average molecular weight is 784 g/mol. The summed E-state index contributed by atoms with van der Waals surface area (Å²) in [6.07, 6.45) is 4.75. The standard InChI is InChI=1S/C46H46ClN5O5/c1-31-36(11-6-12-40(31)41-13-7-14-43(32(41)2)54-18-8-16-52-17-15-39(53)28-52)30-56-46-22-44(55-29-34-19-33(23-48)24-49-25-34)37(20-42(46)47)26-50-27-38-21-45(57-51-38)35-9-4-3-5-10-35/h3-7,9-14,19-22,24-25,39,50,53H,8,15-18,26-30H2,1-2H3. The van der Waals surface area contributed by atoms with E-state index in [0.29, 0.717) is 54.1 Å². The summed E-state index contributed by atoms with van der Waals surface area (Å²) in [7, 11) is 0. The molecule has 1 aliphatic heterocycles. The fourth-order valence-corrected chi connectivity index (χ4v) is 7.28. The maximum absolute atomic E-state index is 9.82. The molecule has 57 heavy (non-hydrogen) atoms. The van der Waals surface area contributed by atoms with Crippen LogP contribution in [-0.4, -0.2) is 52.5 Å². The molecule has 6 aromatic rings. The second-order valence-electron chi connectivity index (χ2n) is 14.3. The normalized spacial score (nSPS) is 14.1. The van der Waals surface area contributed by atoms with E-state index in [9.17, 15) is 10.4 Å². The Morgan fingerprint density at radius 2 is 1.67 bits per heavy atom. The Labute approximate surface area is 338 Å². The average Bonchev–Trinajstić information content (AvgIpc) is 3.89. The highest BCUT2D eigenvalue weighted by atomic mass is 35.5. The second-order valence-corrected chi connectivity index (χ2v) is 14.7. The van der Waals surface area contributed by atoms with Gasteiger partial charge in [0.15, 0.2) is 5.76 Å². The number of ether oxygens (including phenoxy) is 3. The molecule has 0 spiro atoms. The maximum atomic E-state index is 9.82. The summed E-state index contributed by atoms with van der Waals surface area (Å²) in [5.41, 5.74) is 9.21. The van der Waals surface area contributed by atoms with Gasteiger partial charge in [-0.1, -0.05) is 77.4 Å². The highest BCUT2D eigenvalue weighted by molar-refractivity contribution is 6.32. The highest BCUT2D eigenvalue weighted by Crippen LogP contribution is 2.36. The van der Waals surface area contributed by atoms with Crippen molar-refractivity contribution in [1.82, 2.24) is 20.4 Å². The fraction of sp³-hybridized carbons (Fsp3) is 0.283. The number of hydrogen-bond acceptors (Lipinski definition) is 10. The Balaban J connectivity index is 1.04. The quantitative estimate of drug-likeness (QED) is 0.0867. The molecule has 11 heteroatoms.